The Morgan fingerprint density at radius 3 is 1.50 bits per heavy atom. The van der Waals surface area contributed by atoms with Crippen LogP contribution >= 0.6 is 11.8 Å². The summed E-state index contributed by atoms with van der Waals surface area (Å²) < 4.78 is 0. The number of benzene rings is 3. The second-order valence-corrected chi connectivity index (χ2v) is 17.5. The summed E-state index contributed by atoms with van der Waals surface area (Å²) in [6, 6.07) is 27.2. The fourth-order valence-electron chi connectivity index (χ4n) is 3.30. The minimum absolute atomic E-state index is 0.782. The highest BCUT2D eigenvalue weighted by Crippen LogP contribution is 2.34. The second-order valence-electron chi connectivity index (χ2n) is 8.58. The molecule has 0 aliphatic rings. The summed E-state index contributed by atoms with van der Waals surface area (Å²) in [5.74, 6) is 0. The lowest BCUT2D eigenvalue weighted by Crippen LogP contribution is -2.37. The molecule has 4 heteroatoms. The molecule has 0 aliphatic heterocycles. The SMILES string of the molecule is CSc1ccc(N(c2ccc([SiH](C)C)cc2)c2ccc([Si](C)(C)C)cc2)cc1. The Labute approximate surface area is 177 Å². The van der Waals surface area contributed by atoms with Gasteiger partial charge in [0.25, 0.3) is 0 Å². The summed E-state index contributed by atoms with van der Waals surface area (Å²) in [5, 5.41) is 3.01. The molecule has 0 saturated carbocycles. The topological polar surface area (TPSA) is 3.24 Å². The lowest BCUT2D eigenvalue weighted by Gasteiger charge is -2.27. The first-order valence-corrected chi connectivity index (χ1v) is 17.6. The highest BCUT2D eigenvalue weighted by Gasteiger charge is 2.18. The van der Waals surface area contributed by atoms with Crippen LogP contribution in [0.3, 0.4) is 0 Å². The molecular weight excluding hydrogens is 391 g/mol. The molecule has 0 fully saturated rings. The maximum Gasteiger partial charge on any atom is 0.0775 e. The molecule has 0 bridgehead atoms. The fourth-order valence-corrected chi connectivity index (χ4v) is 5.83. The van der Waals surface area contributed by atoms with Gasteiger partial charge < -0.3 is 4.90 Å². The molecule has 0 radical (unpaired) electrons. The van der Waals surface area contributed by atoms with E-state index in [1.54, 1.807) is 11.8 Å². The molecule has 0 N–H and O–H groups in total. The molecule has 28 heavy (non-hydrogen) atoms. The van der Waals surface area contributed by atoms with Crippen molar-refractivity contribution in [2.75, 3.05) is 11.2 Å². The Balaban J connectivity index is 2.05. The van der Waals surface area contributed by atoms with Gasteiger partial charge in [-0.15, -0.1) is 11.8 Å². The zero-order valence-electron chi connectivity index (χ0n) is 17.9. The van der Waals surface area contributed by atoms with Gasteiger partial charge in [-0.1, -0.05) is 67.4 Å². The van der Waals surface area contributed by atoms with Crippen molar-refractivity contribution in [2.24, 2.45) is 0 Å². The van der Waals surface area contributed by atoms with Crippen LogP contribution < -0.4 is 15.3 Å². The van der Waals surface area contributed by atoms with E-state index in [2.05, 4.69) is 117 Å². The first kappa shape index (κ1) is 21.0. The van der Waals surface area contributed by atoms with Crippen molar-refractivity contribution in [1.29, 1.82) is 0 Å². The zero-order valence-corrected chi connectivity index (χ0v) is 20.8. The standard InChI is InChI=1S/C24H31NSSi2/c1-26-22-13-7-19(8-14-22)25(20-9-15-23(16-10-20)27(2)3)21-11-17-24(18-12-21)28(4,5)6/h7-18,27H,1-6H3. The van der Waals surface area contributed by atoms with Crippen molar-refractivity contribution in [3.05, 3.63) is 72.8 Å². The van der Waals surface area contributed by atoms with Crippen molar-refractivity contribution in [2.45, 2.75) is 37.6 Å². The first-order valence-electron chi connectivity index (χ1n) is 9.94. The van der Waals surface area contributed by atoms with Crippen LogP contribution in [-0.2, 0) is 0 Å². The van der Waals surface area contributed by atoms with Crippen LogP contribution in [0.2, 0.25) is 32.7 Å². The third-order valence-electron chi connectivity index (χ3n) is 5.14. The Hall–Kier alpha value is -1.76. The lowest BCUT2D eigenvalue weighted by molar-refractivity contribution is 1.27. The molecule has 3 rings (SSSR count). The van der Waals surface area contributed by atoms with Crippen LogP contribution in [0.1, 0.15) is 0 Å². The minimum atomic E-state index is -1.30. The molecule has 0 atom stereocenters. The fraction of sp³-hybridized carbons (Fsp3) is 0.250. The third-order valence-corrected chi connectivity index (χ3v) is 9.67. The van der Waals surface area contributed by atoms with Gasteiger partial charge in [0, 0.05) is 22.0 Å². The van der Waals surface area contributed by atoms with Crippen molar-refractivity contribution < 1.29 is 0 Å². The maximum atomic E-state index is 2.40. The van der Waals surface area contributed by atoms with Crippen LogP contribution in [0.25, 0.3) is 0 Å². The van der Waals surface area contributed by atoms with E-state index in [4.69, 9.17) is 0 Å². The molecule has 3 aromatic rings. The smallest absolute Gasteiger partial charge is 0.0775 e. The van der Waals surface area contributed by atoms with E-state index < -0.39 is 16.9 Å². The Morgan fingerprint density at radius 1 is 0.679 bits per heavy atom. The number of rotatable bonds is 6. The molecule has 1 nitrogen and oxygen atoms in total. The van der Waals surface area contributed by atoms with E-state index >= 15 is 0 Å². The predicted octanol–water partition coefficient (Wildman–Crippen LogP) is 6.12. The summed E-state index contributed by atoms with van der Waals surface area (Å²) in [5.41, 5.74) is 3.64. The number of anilines is 3. The van der Waals surface area contributed by atoms with Gasteiger partial charge in [0.15, 0.2) is 0 Å². The van der Waals surface area contributed by atoms with Crippen molar-refractivity contribution in [1.82, 2.24) is 0 Å². The molecule has 0 aromatic heterocycles. The van der Waals surface area contributed by atoms with E-state index in [0.717, 1.165) is 0 Å². The Morgan fingerprint density at radius 2 is 1.11 bits per heavy atom. The molecule has 0 spiro atoms. The second kappa shape index (κ2) is 8.72. The summed E-state index contributed by atoms with van der Waals surface area (Å²) in [4.78, 5) is 3.66. The van der Waals surface area contributed by atoms with Gasteiger partial charge in [-0.2, -0.15) is 0 Å². The zero-order chi connectivity index (χ0) is 20.3. The summed E-state index contributed by atoms with van der Waals surface area (Å²) in [7, 11) is -2.08. The number of hydrogen-bond acceptors (Lipinski definition) is 2. The minimum Gasteiger partial charge on any atom is -0.311 e. The highest BCUT2D eigenvalue weighted by molar-refractivity contribution is 7.98. The van der Waals surface area contributed by atoms with Crippen molar-refractivity contribution in [3.8, 4) is 0 Å². The van der Waals surface area contributed by atoms with Gasteiger partial charge in [0.05, 0.1) is 16.9 Å². The van der Waals surface area contributed by atoms with Crippen LogP contribution in [0.5, 0.6) is 0 Å². The van der Waals surface area contributed by atoms with Crippen LogP contribution in [-0.4, -0.2) is 23.1 Å². The Kier molecular flexibility index (Phi) is 6.53. The lowest BCUT2D eigenvalue weighted by atomic mass is 10.2. The summed E-state index contributed by atoms with van der Waals surface area (Å²) in [6.07, 6.45) is 2.12. The third kappa shape index (κ3) is 4.80. The summed E-state index contributed by atoms with van der Waals surface area (Å²) in [6.45, 7) is 12.0. The Bertz CT molecular complexity index is 895. The van der Waals surface area contributed by atoms with Crippen molar-refractivity contribution in [3.63, 3.8) is 0 Å². The van der Waals surface area contributed by atoms with Crippen molar-refractivity contribution >= 4 is 56.1 Å². The molecular formula is C24H31NSSi2. The van der Waals surface area contributed by atoms with Crippen LogP contribution in [0.15, 0.2) is 77.7 Å². The van der Waals surface area contributed by atoms with Gasteiger partial charge in [0.1, 0.15) is 0 Å². The van der Waals surface area contributed by atoms with Gasteiger partial charge in [-0.3, -0.25) is 0 Å². The van der Waals surface area contributed by atoms with E-state index in [1.807, 2.05) is 0 Å². The number of hydrogen-bond donors (Lipinski definition) is 0. The molecule has 0 saturated heterocycles. The molecule has 3 aromatic carbocycles. The molecule has 146 valence electrons. The van der Waals surface area contributed by atoms with Gasteiger partial charge in [0.2, 0.25) is 0 Å². The quantitative estimate of drug-likeness (QED) is 0.348. The van der Waals surface area contributed by atoms with E-state index in [-0.39, 0.29) is 0 Å². The molecule has 0 aliphatic carbocycles. The number of thioether (sulfide) groups is 1. The van der Waals surface area contributed by atoms with Crippen LogP contribution in [0, 0.1) is 0 Å². The molecule has 0 amide bonds. The molecule has 0 heterocycles. The average Bonchev–Trinajstić information content (AvgIpc) is 2.69. The first-order chi connectivity index (χ1) is 13.3. The van der Waals surface area contributed by atoms with Gasteiger partial charge >= 0.3 is 0 Å². The highest BCUT2D eigenvalue weighted by atomic mass is 32.2. The van der Waals surface area contributed by atoms with E-state index in [1.165, 1.54) is 32.3 Å². The molecule has 0 unspecified atom stereocenters. The average molecular weight is 422 g/mol. The van der Waals surface area contributed by atoms with E-state index in [0.29, 0.717) is 0 Å². The normalized spacial score (nSPS) is 11.7. The maximum absolute atomic E-state index is 2.40. The largest absolute Gasteiger partial charge is 0.311 e. The predicted molar refractivity (Wildman–Crippen MR) is 134 cm³/mol. The van der Waals surface area contributed by atoms with Gasteiger partial charge in [-0.25, -0.2) is 0 Å². The monoisotopic (exact) mass is 421 g/mol. The van der Waals surface area contributed by atoms with Crippen LogP contribution in [0.4, 0.5) is 17.1 Å². The number of nitrogens with zero attached hydrogens (tertiary/aromatic N) is 1. The van der Waals surface area contributed by atoms with E-state index in [9.17, 15) is 0 Å². The van der Waals surface area contributed by atoms with Gasteiger partial charge in [-0.05, 0) is 54.8 Å². The summed E-state index contributed by atoms with van der Waals surface area (Å²) >= 11 is 1.78.